The van der Waals surface area contributed by atoms with Crippen LogP contribution in [0.15, 0.2) is 41.3 Å². The average molecular weight is 694 g/mol. The molecule has 0 aliphatic carbocycles. The highest BCUT2D eigenvalue weighted by molar-refractivity contribution is 14.1. The molecule has 0 bridgehead atoms. The molecule has 12 heteroatoms. The van der Waals surface area contributed by atoms with E-state index in [2.05, 4.69) is 45.2 Å². The van der Waals surface area contributed by atoms with Gasteiger partial charge < -0.3 is 9.47 Å². The smallest absolute Gasteiger partial charge is 0.326 e. The van der Waals surface area contributed by atoms with E-state index in [4.69, 9.17) is 9.47 Å². The van der Waals surface area contributed by atoms with Crippen LogP contribution in [0.1, 0.15) is 18.1 Å². The van der Waals surface area contributed by atoms with E-state index in [1.54, 1.807) is 25.1 Å². The first-order valence-electron chi connectivity index (χ1n) is 9.45. The molecular weight excluding hydrogens is 678 g/mol. The zero-order valence-corrected chi connectivity index (χ0v) is 22.2. The minimum Gasteiger partial charge on any atom is -0.487 e. The van der Waals surface area contributed by atoms with Gasteiger partial charge in [-0.25, -0.2) is 0 Å². The van der Waals surface area contributed by atoms with Gasteiger partial charge >= 0.3 is 5.97 Å². The monoisotopic (exact) mass is 694 g/mol. The number of amides is 2. The fourth-order valence-corrected chi connectivity index (χ4v) is 5.76. The minimum atomic E-state index is -0.639. The van der Waals surface area contributed by atoms with Crippen LogP contribution in [-0.2, 0) is 20.9 Å². The number of ether oxygens (including phenoxy) is 2. The van der Waals surface area contributed by atoms with Gasteiger partial charge in [-0.1, -0.05) is 0 Å². The molecule has 1 fully saturated rings. The van der Waals surface area contributed by atoms with Crippen LogP contribution < -0.4 is 4.74 Å². The molecule has 33 heavy (non-hydrogen) atoms. The third kappa shape index (κ3) is 6.44. The van der Waals surface area contributed by atoms with Crippen LogP contribution in [0.3, 0.4) is 0 Å². The predicted octanol–water partition coefficient (Wildman–Crippen LogP) is 4.98. The van der Waals surface area contributed by atoms with E-state index in [0.29, 0.717) is 11.3 Å². The number of carbonyl (C=O) groups is 3. The van der Waals surface area contributed by atoms with Crippen molar-refractivity contribution in [3.05, 3.63) is 69.7 Å². The van der Waals surface area contributed by atoms with Gasteiger partial charge in [0.05, 0.1) is 23.6 Å². The Morgan fingerprint density at radius 3 is 2.39 bits per heavy atom. The van der Waals surface area contributed by atoms with E-state index in [9.17, 15) is 24.5 Å². The van der Waals surface area contributed by atoms with Gasteiger partial charge in [-0.3, -0.25) is 29.4 Å². The SMILES string of the molecule is CCOC(=O)CN1C(=O)S/C(=C\c2cc(I)c(OCc3ccc([N+](=O)[O-])cc3)c(I)c2)C1=O. The van der Waals surface area contributed by atoms with E-state index in [0.717, 1.165) is 29.4 Å². The van der Waals surface area contributed by atoms with E-state index in [1.165, 1.54) is 12.1 Å². The van der Waals surface area contributed by atoms with Gasteiger partial charge in [-0.2, -0.15) is 0 Å². The Balaban J connectivity index is 1.72. The molecule has 9 nitrogen and oxygen atoms in total. The molecule has 0 unspecified atom stereocenters. The molecule has 3 rings (SSSR count). The van der Waals surface area contributed by atoms with Crippen LogP contribution in [0.5, 0.6) is 5.75 Å². The normalized spacial score (nSPS) is 14.6. The van der Waals surface area contributed by atoms with Gasteiger partial charge in [0.15, 0.2) is 0 Å². The molecule has 0 saturated carbocycles. The number of imide groups is 1. The van der Waals surface area contributed by atoms with Gasteiger partial charge in [0.2, 0.25) is 0 Å². The van der Waals surface area contributed by atoms with Crippen molar-refractivity contribution in [2.75, 3.05) is 13.2 Å². The number of benzene rings is 2. The highest BCUT2D eigenvalue weighted by Crippen LogP contribution is 2.35. The van der Waals surface area contributed by atoms with Gasteiger partial charge in [-0.05, 0) is 105 Å². The first kappa shape index (κ1) is 25.4. The Kier molecular flexibility index (Phi) is 8.69. The second kappa shape index (κ2) is 11.3. The summed E-state index contributed by atoms with van der Waals surface area (Å²) in [6.45, 7) is 1.63. The predicted molar refractivity (Wildman–Crippen MR) is 139 cm³/mol. The second-order valence-corrected chi connectivity index (χ2v) is 9.92. The lowest BCUT2D eigenvalue weighted by Gasteiger charge is -2.12. The Morgan fingerprint density at radius 2 is 1.82 bits per heavy atom. The lowest BCUT2D eigenvalue weighted by atomic mass is 10.2. The number of nitro groups is 1. The Bertz CT molecular complexity index is 1130. The molecule has 1 aliphatic heterocycles. The Hall–Kier alpha value is -2.20. The molecule has 0 N–H and O–H groups in total. The molecule has 1 saturated heterocycles. The fourth-order valence-electron chi connectivity index (χ4n) is 2.79. The van der Waals surface area contributed by atoms with E-state index in [1.807, 2.05) is 12.1 Å². The summed E-state index contributed by atoms with van der Waals surface area (Å²) in [5, 5.41) is 10.2. The molecule has 0 aromatic heterocycles. The highest BCUT2D eigenvalue weighted by Gasteiger charge is 2.36. The molecule has 1 aliphatic rings. The number of carbonyl (C=O) groups excluding carboxylic acids is 3. The lowest BCUT2D eigenvalue weighted by Crippen LogP contribution is -2.34. The summed E-state index contributed by atoms with van der Waals surface area (Å²) in [6.07, 6.45) is 1.60. The van der Waals surface area contributed by atoms with Crippen molar-refractivity contribution in [1.29, 1.82) is 0 Å². The third-order valence-electron chi connectivity index (χ3n) is 4.31. The van der Waals surface area contributed by atoms with Gasteiger partial charge in [-0.15, -0.1) is 0 Å². The van der Waals surface area contributed by atoms with Gasteiger partial charge in [0.25, 0.3) is 16.8 Å². The van der Waals surface area contributed by atoms with Crippen LogP contribution in [0.2, 0.25) is 0 Å². The first-order chi connectivity index (χ1) is 15.7. The second-order valence-electron chi connectivity index (χ2n) is 6.60. The third-order valence-corrected chi connectivity index (χ3v) is 6.82. The largest absolute Gasteiger partial charge is 0.487 e. The molecule has 0 spiro atoms. The molecule has 1 heterocycles. The fraction of sp³-hybridized carbons (Fsp3) is 0.190. The maximum absolute atomic E-state index is 12.6. The summed E-state index contributed by atoms with van der Waals surface area (Å²) in [4.78, 5) is 47.8. The number of nitrogens with zero attached hydrogens (tertiary/aromatic N) is 2. The molecule has 2 amide bonds. The summed E-state index contributed by atoms with van der Waals surface area (Å²) in [5.41, 5.74) is 1.50. The first-order valence-corrected chi connectivity index (χ1v) is 12.4. The standard InChI is InChI=1S/C21H16I2N2O7S/c1-2-31-18(26)10-24-20(27)17(33-21(24)28)9-13-7-15(22)19(16(23)8-13)32-11-12-3-5-14(6-4-12)25(29)30/h3-9H,2,10-11H2,1H3/b17-9-. The summed E-state index contributed by atoms with van der Waals surface area (Å²) in [5.74, 6) is -0.539. The molecule has 0 atom stereocenters. The Morgan fingerprint density at radius 1 is 1.18 bits per heavy atom. The molecular formula is C21H16I2N2O7S. The summed E-state index contributed by atoms with van der Waals surface area (Å²) < 4.78 is 12.3. The van der Waals surface area contributed by atoms with Crippen LogP contribution in [0.4, 0.5) is 10.5 Å². The van der Waals surface area contributed by atoms with Crippen molar-refractivity contribution in [1.82, 2.24) is 4.90 Å². The maximum atomic E-state index is 12.6. The van der Waals surface area contributed by atoms with Crippen molar-refractivity contribution in [3.63, 3.8) is 0 Å². The number of hydrogen-bond acceptors (Lipinski definition) is 8. The molecule has 172 valence electrons. The summed E-state index contributed by atoms with van der Waals surface area (Å²) >= 11 is 5.00. The van der Waals surface area contributed by atoms with Crippen LogP contribution in [-0.4, -0.2) is 40.1 Å². The quantitative estimate of drug-likeness (QED) is 0.125. The molecule has 2 aromatic rings. The van der Waals surface area contributed by atoms with Crippen LogP contribution in [0, 0.1) is 17.3 Å². The number of esters is 1. The van der Waals surface area contributed by atoms with Gasteiger partial charge in [0, 0.05) is 12.1 Å². The van der Waals surface area contributed by atoms with E-state index in [-0.39, 0.29) is 23.8 Å². The van der Waals surface area contributed by atoms with Crippen LogP contribution in [0.25, 0.3) is 6.08 Å². The van der Waals surface area contributed by atoms with Crippen LogP contribution >= 0.6 is 56.9 Å². The van der Waals surface area contributed by atoms with Crippen molar-refractivity contribution < 1.29 is 28.8 Å². The topological polar surface area (TPSA) is 116 Å². The van der Waals surface area contributed by atoms with Gasteiger partial charge in [0.1, 0.15) is 18.9 Å². The highest BCUT2D eigenvalue weighted by atomic mass is 127. The zero-order valence-electron chi connectivity index (χ0n) is 17.1. The number of rotatable bonds is 8. The molecule has 2 aromatic carbocycles. The summed E-state index contributed by atoms with van der Waals surface area (Å²) in [6, 6.07) is 9.75. The minimum absolute atomic E-state index is 0.0129. The van der Waals surface area contributed by atoms with Crippen molar-refractivity contribution in [3.8, 4) is 5.75 Å². The summed E-state index contributed by atoms with van der Waals surface area (Å²) in [7, 11) is 0. The van der Waals surface area contributed by atoms with E-state index < -0.39 is 28.6 Å². The lowest BCUT2D eigenvalue weighted by molar-refractivity contribution is -0.384. The average Bonchev–Trinajstić information content (AvgIpc) is 3.01. The maximum Gasteiger partial charge on any atom is 0.326 e. The number of hydrogen-bond donors (Lipinski definition) is 0. The number of halogens is 2. The van der Waals surface area contributed by atoms with Crippen molar-refractivity contribution in [2.24, 2.45) is 0 Å². The van der Waals surface area contributed by atoms with Crippen molar-refractivity contribution >= 4 is 85.8 Å². The number of thioether (sulfide) groups is 1. The Labute approximate surface area is 220 Å². The van der Waals surface area contributed by atoms with E-state index >= 15 is 0 Å². The zero-order chi connectivity index (χ0) is 24.1. The number of non-ortho nitro benzene ring substituents is 1. The number of nitro benzene ring substituents is 1. The van der Waals surface area contributed by atoms with Crippen molar-refractivity contribution in [2.45, 2.75) is 13.5 Å². The molecule has 0 radical (unpaired) electrons.